The molecule has 2 nitrogen and oxygen atoms in total. The molecule has 1 saturated heterocycles. The van der Waals surface area contributed by atoms with Gasteiger partial charge in [0.15, 0.2) is 0 Å². The highest BCUT2D eigenvalue weighted by Gasteiger charge is 2.35. The molecular weight excluding hydrogens is 244 g/mol. The first-order valence-corrected chi connectivity index (χ1v) is 9.08. The average molecular weight is 280 g/mol. The van der Waals surface area contributed by atoms with Crippen LogP contribution in [0.2, 0.25) is 0 Å². The summed E-state index contributed by atoms with van der Waals surface area (Å²) in [5, 5.41) is 3.73. The third-order valence-electron chi connectivity index (χ3n) is 5.82. The summed E-state index contributed by atoms with van der Waals surface area (Å²) in [6.45, 7) is 13.6. The monoisotopic (exact) mass is 280 g/mol. The average Bonchev–Trinajstić information content (AvgIpc) is 2.44. The summed E-state index contributed by atoms with van der Waals surface area (Å²) in [5.74, 6) is 1.81. The largest absolute Gasteiger partial charge is 0.316 e. The highest BCUT2D eigenvalue weighted by molar-refractivity contribution is 4.89. The maximum Gasteiger partial charge on any atom is 0.00503 e. The van der Waals surface area contributed by atoms with Gasteiger partial charge in [0.25, 0.3) is 0 Å². The Morgan fingerprint density at radius 2 is 1.85 bits per heavy atom. The van der Waals surface area contributed by atoms with Gasteiger partial charge in [-0.25, -0.2) is 0 Å². The van der Waals surface area contributed by atoms with Crippen LogP contribution in [0.4, 0.5) is 0 Å². The molecule has 1 heterocycles. The number of likely N-dealkylation sites (tertiary alicyclic amines) is 1. The van der Waals surface area contributed by atoms with Crippen LogP contribution in [0.25, 0.3) is 0 Å². The summed E-state index contributed by atoms with van der Waals surface area (Å²) in [5.41, 5.74) is 0.577. The Kier molecular flexibility index (Phi) is 6.35. The van der Waals surface area contributed by atoms with Gasteiger partial charge in [-0.15, -0.1) is 0 Å². The smallest absolute Gasteiger partial charge is 0.00503 e. The van der Waals surface area contributed by atoms with E-state index in [1.807, 2.05) is 0 Å². The maximum absolute atomic E-state index is 3.73. The first kappa shape index (κ1) is 16.3. The van der Waals surface area contributed by atoms with E-state index in [0.717, 1.165) is 11.8 Å². The summed E-state index contributed by atoms with van der Waals surface area (Å²) >= 11 is 0. The molecule has 2 heteroatoms. The number of hydrogen-bond acceptors (Lipinski definition) is 2. The molecule has 1 aliphatic carbocycles. The molecule has 0 amide bonds. The molecule has 1 saturated carbocycles. The van der Waals surface area contributed by atoms with E-state index in [1.165, 1.54) is 77.7 Å². The van der Waals surface area contributed by atoms with Crippen molar-refractivity contribution in [2.24, 2.45) is 17.3 Å². The fourth-order valence-corrected chi connectivity index (χ4v) is 4.19. The molecule has 0 bridgehead atoms. The number of nitrogens with zero attached hydrogens (tertiary/aromatic N) is 1. The van der Waals surface area contributed by atoms with Gasteiger partial charge in [-0.3, -0.25) is 0 Å². The van der Waals surface area contributed by atoms with Gasteiger partial charge in [-0.1, -0.05) is 40.0 Å². The van der Waals surface area contributed by atoms with E-state index in [2.05, 4.69) is 31.0 Å². The fraction of sp³-hybridized carbons (Fsp3) is 1.00. The van der Waals surface area contributed by atoms with Crippen molar-refractivity contribution >= 4 is 0 Å². The van der Waals surface area contributed by atoms with Crippen LogP contribution in [0.5, 0.6) is 0 Å². The van der Waals surface area contributed by atoms with Gasteiger partial charge in [-0.05, 0) is 56.0 Å². The predicted octanol–water partition coefficient (Wildman–Crippen LogP) is 3.91. The van der Waals surface area contributed by atoms with Crippen LogP contribution in [0, 0.1) is 17.3 Å². The number of rotatable bonds is 6. The van der Waals surface area contributed by atoms with Crippen LogP contribution >= 0.6 is 0 Å². The molecule has 0 radical (unpaired) electrons. The minimum Gasteiger partial charge on any atom is -0.316 e. The predicted molar refractivity (Wildman–Crippen MR) is 88.1 cm³/mol. The lowest BCUT2D eigenvalue weighted by Crippen LogP contribution is -2.49. The molecule has 2 unspecified atom stereocenters. The summed E-state index contributed by atoms with van der Waals surface area (Å²) in [4.78, 5) is 2.78. The first-order chi connectivity index (χ1) is 9.65. The minimum atomic E-state index is 0.577. The highest BCUT2D eigenvalue weighted by atomic mass is 15.1. The molecule has 1 N–H and O–H groups in total. The zero-order valence-electron chi connectivity index (χ0n) is 14.1. The lowest BCUT2D eigenvalue weighted by Gasteiger charge is -2.44. The van der Waals surface area contributed by atoms with Crippen LogP contribution < -0.4 is 5.32 Å². The second-order valence-electron chi connectivity index (χ2n) is 7.72. The molecule has 118 valence electrons. The molecule has 0 aromatic rings. The summed E-state index contributed by atoms with van der Waals surface area (Å²) in [7, 11) is 0. The van der Waals surface area contributed by atoms with Crippen molar-refractivity contribution in [3.8, 4) is 0 Å². The van der Waals surface area contributed by atoms with E-state index in [4.69, 9.17) is 0 Å². The van der Waals surface area contributed by atoms with Gasteiger partial charge in [0, 0.05) is 19.6 Å². The Hall–Kier alpha value is -0.0800. The second kappa shape index (κ2) is 7.79. The van der Waals surface area contributed by atoms with Crippen molar-refractivity contribution in [1.82, 2.24) is 10.2 Å². The number of piperidine rings is 1. The lowest BCUT2D eigenvalue weighted by molar-refractivity contribution is 0.0593. The Morgan fingerprint density at radius 1 is 1.10 bits per heavy atom. The summed E-state index contributed by atoms with van der Waals surface area (Å²) < 4.78 is 0. The van der Waals surface area contributed by atoms with E-state index in [9.17, 15) is 0 Å². The van der Waals surface area contributed by atoms with Crippen molar-refractivity contribution in [3.63, 3.8) is 0 Å². The molecule has 2 fully saturated rings. The lowest BCUT2D eigenvalue weighted by atomic mass is 9.73. The second-order valence-corrected chi connectivity index (χ2v) is 7.72. The van der Waals surface area contributed by atoms with E-state index >= 15 is 0 Å². The van der Waals surface area contributed by atoms with Crippen molar-refractivity contribution in [1.29, 1.82) is 0 Å². The highest BCUT2D eigenvalue weighted by Crippen LogP contribution is 2.37. The maximum atomic E-state index is 3.73. The molecule has 0 aromatic carbocycles. The van der Waals surface area contributed by atoms with Crippen molar-refractivity contribution in [2.45, 2.75) is 65.7 Å². The Bertz CT molecular complexity index is 271. The van der Waals surface area contributed by atoms with E-state index < -0.39 is 0 Å². The van der Waals surface area contributed by atoms with Crippen LogP contribution in [0.3, 0.4) is 0 Å². The Balaban J connectivity index is 1.89. The van der Waals surface area contributed by atoms with Crippen LogP contribution in [-0.4, -0.2) is 37.6 Å². The van der Waals surface area contributed by atoms with Crippen molar-refractivity contribution in [3.05, 3.63) is 0 Å². The van der Waals surface area contributed by atoms with Crippen LogP contribution in [0.15, 0.2) is 0 Å². The van der Waals surface area contributed by atoms with Gasteiger partial charge >= 0.3 is 0 Å². The van der Waals surface area contributed by atoms with Gasteiger partial charge in [0.1, 0.15) is 0 Å². The SMILES string of the molecule is CCCNCC1(CN2CCC(C)C(C)C2)CCCCC1. The molecule has 20 heavy (non-hydrogen) atoms. The zero-order chi connectivity index (χ0) is 14.4. The third-order valence-corrected chi connectivity index (χ3v) is 5.82. The standard InChI is InChI=1S/C18H36N2/c1-4-11-19-14-18(9-6-5-7-10-18)15-20-12-8-16(2)17(3)13-20/h16-17,19H,4-15H2,1-3H3. The fourth-order valence-electron chi connectivity index (χ4n) is 4.19. The molecular formula is C18H36N2. The van der Waals surface area contributed by atoms with Crippen LogP contribution in [-0.2, 0) is 0 Å². The third kappa shape index (κ3) is 4.46. The topological polar surface area (TPSA) is 15.3 Å². The van der Waals surface area contributed by atoms with Crippen molar-refractivity contribution in [2.75, 3.05) is 32.7 Å². The summed E-state index contributed by atoms with van der Waals surface area (Å²) in [6, 6.07) is 0. The van der Waals surface area contributed by atoms with E-state index in [-0.39, 0.29) is 0 Å². The molecule has 0 aromatic heterocycles. The van der Waals surface area contributed by atoms with Gasteiger partial charge < -0.3 is 10.2 Å². The molecule has 2 aliphatic rings. The molecule has 2 rings (SSSR count). The summed E-state index contributed by atoms with van der Waals surface area (Å²) in [6.07, 6.45) is 9.92. The Labute approximate surface area is 126 Å². The molecule has 1 aliphatic heterocycles. The van der Waals surface area contributed by atoms with Gasteiger partial charge in [-0.2, -0.15) is 0 Å². The molecule has 0 spiro atoms. The Morgan fingerprint density at radius 3 is 2.50 bits per heavy atom. The zero-order valence-corrected chi connectivity index (χ0v) is 14.1. The van der Waals surface area contributed by atoms with E-state index in [0.29, 0.717) is 5.41 Å². The number of hydrogen-bond donors (Lipinski definition) is 1. The van der Waals surface area contributed by atoms with Gasteiger partial charge in [0.2, 0.25) is 0 Å². The molecule has 2 atom stereocenters. The van der Waals surface area contributed by atoms with E-state index in [1.54, 1.807) is 0 Å². The minimum absolute atomic E-state index is 0.577. The number of nitrogens with one attached hydrogen (secondary N) is 1. The quantitative estimate of drug-likeness (QED) is 0.742. The van der Waals surface area contributed by atoms with Crippen molar-refractivity contribution < 1.29 is 0 Å². The van der Waals surface area contributed by atoms with Crippen LogP contribution in [0.1, 0.15) is 65.7 Å². The first-order valence-electron chi connectivity index (χ1n) is 9.08. The van der Waals surface area contributed by atoms with Gasteiger partial charge in [0.05, 0.1) is 0 Å². The normalized spacial score (nSPS) is 31.4.